The van der Waals surface area contributed by atoms with Gasteiger partial charge in [0.05, 0.1) is 17.2 Å². The highest BCUT2D eigenvalue weighted by atomic mass is 35.5. The van der Waals surface area contributed by atoms with Gasteiger partial charge in [-0.25, -0.2) is 8.42 Å². The van der Waals surface area contributed by atoms with Gasteiger partial charge in [0.2, 0.25) is 0 Å². The van der Waals surface area contributed by atoms with Gasteiger partial charge in [0, 0.05) is 16.6 Å². The molecule has 0 radical (unpaired) electrons. The Kier molecular flexibility index (Phi) is 4.03. The van der Waals surface area contributed by atoms with E-state index in [9.17, 15) is 18.3 Å². The second-order valence-corrected chi connectivity index (χ2v) is 8.07. The average Bonchev–Trinajstić information content (AvgIpc) is 3.08. The van der Waals surface area contributed by atoms with Gasteiger partial charge in [-0.05, 0) is 30.7 Å². The number of hydrogen-bond donors (Lipinski definition) is 3. The molecular formula is C14H14ClN3O4S. The Morgan fingerprint density at radius 2 is 2.17 bits per heavy atom. The Balaban J connectivity index is 1.76. The van der Waals surface area contributed by atoms with E-state index in [2.05, 4.69) is 15.5 Å². The molecule has 1 aliphatic rings. The van der Waals surface area contributed by atoms with E-state index in [1.807, 2.05) is 0 Å². The fourth-order valence-corrected chi connectivity index (χ4v) is 4.31. The van der Waals surface area contributed by atoms with E-state index in [0.717, 1.165) is 0 Å². The average molecular weight is 356 g/mol. The maximum atomic E-state index is 12.1. The van der Waals surface area contributed by atoms with Gasteiger partial charge in [0.1, 0.15) is 11.4 Å². The van der Waals surface area contributed by atoms with Crippen LogP contribution < -0.4 is 5.32 Å². The predicted octanol–water partition coefficient (Wildman–Crippen LogP) is 1.35. The molecule has 1 atom stereocenters. The molecular weight excluding hydrogens is 342 g/mol. The van der Waals surface area contributed by atoms with Crippen LogP contribution in [0, 0.1) is 0 Å². The molecule has 0 bridgehead atoms. The molecule has 1 amide bonds. The third-order valence-electron chi connectivity index (χ3n) is 3.62. The number of aromatic amines is 1. The summed E-state index contributed by atoms with van der Waals surface area (Å²) >= 11 is 5.89. The van der Waals surface area contributed by atoms with Crippen molar-refractivity contribution in [2.75, 3.05) is 11.5 Å². The number of carbonyl (C=O) groups is 1. The zero-order chi connectivity index (χ0) is 16.6. The smallest absolute Gasteiger partial charge is 0.269 e. The van der Waals surface area contributed by atoms with Crippen LogP contribution in [0.25, 0.3) is 11.3 Å². The molecule has 1 aromatic carbocycles. The van der Waals surface area contributed by atoms with Crippen molar-refractivity contribution in [2.45, 2.75) is 12.5 Å². The van der Waals surface area contributed by atoms with Crippen LogP contribution in [0.1, 0.15) is 16.9 Å². The van der Waals surface area contributed by atoms with Gasteiger partial charge in [0.25, 0.3) is 5.91 Å². The monoisotopic (exact) mass is 355 g/mol. The first-order chi connectivity index (χ1) is 10.8. The van der Waals surface area contributed by atoms with Crippen molar-refractivity contribution in [2.24, 2.45) is 0 Å². The number of carbonyl (C=O) groups excluding carboxylic acids is 1. The number of benzene rings is 1. The van der Waals surface area contributed by atoms with Crippen molar-refractivity contribution in [3.63, 3.8) is 0 Å². The SMILES string of the molecule is O=C(N[C@@H]1CCS(=O)(=O)C1)c1cc(-c2cc(Cl)ccc2O)n[nH]1. The molecule has 0 spiro atoms. The molecule has 23 heavy (non-hydrogen) atoms. The van der Waals surface area contributed by atoms with E-state index in [1.54, 1.807) is 6.07 Å². The lowest BCUT2D eigenvalue weighted by Gasteiger charge is -2.08. The van der Waals surface area contributed by atoms with Gasteiger partial charge in [0.15, 0.2) is 9.84 Å². The molecule has 3 rings (SSSR count). The topological polar surface area (TPSA) is 112 Å². The van der Waals surface area contributed by atoms with Crippen LogP contribution in [0.15, 0.2) is 24.3 Å². The van der Waals surface area contributed by atoms with Crippen LogP contribution in [0.2, 0.25) is 5.02 Å². The number of nitrogens with one attached hydrogen (secondary N) is 2. The van der Waals surface area contributed by atoms with E-state index in [-0.39, 0.29) is 29.0 Å². The minimum Gasteiger partial charge on any atom is -0.507 e. The Hall–Kier alpha value is -2.06. The van der Waals surface area contributed by atoms with Crippen molar-refractivity contribution in [1.82, 2.24) is 15.5 Å². The Morgan fingerprint density at radius 1 is 1.39 bits per heavy atom. The number of rotatable bonds is 3. The predicted molar refractivity (Wildman–Crippen MR) is 85.2 cm³/mol. The molecule has 2 heterocycles. The molecule has 0 saturated carbocycles. The minimum absolute atomic E-state index is 0.00487. The normalized spacial score (nSPS) is 19.6. The first kappa shape index (κ1) is 15.8. The van der Waals surface area contributed by atoms with E-state index in [0.29, 0.717) is 22.7 Å². The number of sulfone groups is 1. The van der Waals surface area contributed by atoms with Crippen LogP contribution in [0.3, 0.4) is 0 Å². The first-order valence-electron chi connectivity index (χ1n) is 6.90. The van der Waals surface area contributed by atoms with Crippen molar-refractivity contribution >= 4 is 27.3 Å². The maximum absolute atomic E-state index is 12.1. The van der Waals surface area contributed by atoms with E-state index in [1.165, 1.54) is 18.2 Å². The minimum atomic E-state index is -3.06. The van der Waals surface area contributed by atoms with Crippen molar-refractivity contribution < 1.29 is 18.3 Å². The Labute approximate surface area is 137 Å². The molecule has 1 fully saturated rings. The summed E-state index contributed by atoms with van der Waals surface area (Å²) in [6.45, 7) is 0. The number of nitrogens with zero attached hydrogens (tertiary/aromatic N) is 1. The molecule has 1 aliphatic heterocycles. The van der Waals surface area contributed by atoms with Gasteiger partial charge >= 0.3 is 0 Å². The van der Waals surface area contributed by atoms with Crippen LogP contribution >= 0.6 is 11.6 Å². The van der Waals surface area contributed by atoms with E-state index < -0.39 is 15.7 Å². The fraction of sp³-hybridized carbons (Fsp3) is 0.286. The van der Waals surface area contributed by atoms with Crippen molar-refractivity contribution in [3.05, 3.63) is 35.0 Å². The number of halogens is 1. The summed E-state index contributed by atoms with van der Waals surface area (Å²) in [5.74, 6) is -0.403. The van der Waals surface area contributed by atoms with Gasteiger partial charge in [-0.2, -0.15) is 5.10 Å². The molecule has 0 unspecified atom stereocenters. The molecule has 1 aromatic heterocycles. The number of H-pyrrole nitrogens is 1. The van der Waals surface area contributed by atoms with Gasteiger partial charge < -0.3 is 10.4 Å². The zero-order valence-corrected chi connectivity index (χ0v) is 13.5. The summed E-state index contributed by atoms with van der Waals surface area (Å²) in [6, 6.07) is 5.61. The molecule has 2 aromatic rings. The van der Waals surface area contributed by atoms with E-state index >= 15 is 0 Å². The standard InChI is InChI=1S/C14H14ClN3O4S/c15-8-1-2-13(19)10(5-8)11-6-12(18-17-11)14(20)16-9-3-4-23(21,22)7-9/h1-2,5-6,9,19H,3-4,7H2,(H,16,20)(H,17,18)/t9-/m1/s1. The van der Waals surface area contributed by atoms with Crippen LogP contribution in [0.4, 0.5) is 0 Å². The highest BCUT2D eigenvalue weighted by Gasteiger charge is 2.29. The third kappa shape index (κ3) is 3.48. The molecule has 3 N–H and O–H groups in total. The molecule has 9 heteroatoms. The van der Waals surface area contributed by atoms with Gasteiger partial charge in [-0.1, -0.05) is 11.6 Å². The third-order valence-corrected chi connectivity index (χ3v) is 5.63. The number of hydrogen-bond acceptors (Lipinski definition) is 5. The number of aromatic nitrogens is 2. The maximum Gasteiger partial charge on any atom is 0.269 e. The lowest BCUT2D eigenvalue weighted by Crippen LogP contribution is -2.35. The number of phenolic OH excluding ortho intramolecular Hbond substituents is 1. The van der Waals surface area contributed by atoms with Crippen LogP contribution in [-0.4, -0.2) is 47.2 Å². The van der Waals surface area contributed by atoms with Crippen LogP contribution in [0.5, 0.6) is 5.75 Å². The second-order valence-electron chi connectivity index (χ2n) is 5.40. The summed E-state index contributed by atoms with van der Waals surface area (Å²) in [7, 11) is -3.06. The molecule has 122 valence electrons. The van der Waals surface area contributed by atoms with Gasteiger partial charge in [-0.3, -0.25) is 9.89 Å². The van der Waals surface area contributed by atoms with Crippen LogP contribution in [-0.2, 0) is 9.84 Å². The Bertz CT molecular complexity index is 863. The fourth-order valence-electron chi connectivity index (χ4n) is 2.46. The summed E-state index contributed by atoms with van der Waals surface area (Å²) < 4.78 is 22.8. The number of aromatic hydroxyl groups is 1. The molecule has 7 nitrogen and oxygen atoms in total. The summed E-state index contributed by atoms with van der Waals surface area (Å²) in [6.07, 6.45) is 0.407. The number of amides is 1. The quantitative estimate of drug-likeness (QED) is 0.769. The Morgan fingerprint density at radius 3 is 2.87 bits per heavy atom. The second kappa shape index (κ2) is 5.86. The highest BCUT2D eigenvalue weighted by molar-refractivity contribution is 7.91. The van der Waals surface area contributed by atoms with Gasteiger partial charge in [-0.15, -0.1) is 0 Å². The molecule has 0 aliphatic carbocycles. The summed E-state index contributed by atoms with van der Waals surface area (Å²) in [5.41, 5.74) is 0.953. The molecule has 1 saturated heterocycles. The lowest BCUT2D eigenvalue weighted by molar-refractivity contribution is 0.0936. The van der Waals surface area contributed by atoms with Crippen molar-refractivity contribution in [3.8, 4) is 17.0 Å². The van der Waals surface area contributed by atoms with E-state index in [4.69, 9.17) is 11.6 Å². The zero-order valence-electron chi connectivity index (χ0n) is 11.9. The first-order valence-corrected chi connectivity index (χ1v) is 9.09. The van der Waals surface area contributed by atoms with Crippen molar-refractivity contribution in [1.29, 1.82) is 0 Å². The summed E-state index contributed by atoms with van der Waals surface area (Å²) in [4.78, 5) is 12.1. The summed E-state index contributed by atoms with van der Waals surface area (Å²) in [5, 5.41) is 19.5. The number of phenols is 1. The highest BCUT2D eigenvalue weighted by Crippen LogP contribution is 2.30. The largest absolute Gasteiger partial charge is 0.507 e. The lowest BCUT2D eigenvalue weighted by atomic mass is 10.1.